The van der Waals surface area contributed by atoms with E-state index < -0.39 is 5.41 Å². The number of benzene rings is 2. The molecule has 1 fully saturated rings. The maximum Gasteiger partial charge on any atom is 0.234 e. The summed E-state index contributed by atoms with van der Waals surface area (Å²) >= 11 is 5.99. The van der Waals surface area contributed by atoms with Crippen molar-refractivity contribution in [2.24, 2.45) is 5.92 Å². The van der Waals surface area contributed by atoms with Crippen LogP contribution in [0.3, 0.4) is 0 Å². The molecule has 2 aromatic rings. The molecule has 0 spiro atoms. The minimum Gasteiger partial charge on any atom is -0.351 e. The summed E-state index contributed by atoms with van der Waals surface area (Å²) in [5.41, 5.74) is 1.98. The molecule has 2 aromatic carbocycles. The van der Waals surface area contributed by atoms with Crippen LogP contribution in [0.4, 0.5) is 5.69 Å². The summed E-state index contributed by atoms with van der Waals surface area (Å²) < 4.78 is 0. The lowest BCUT2D eigenvalue weighted by molar-refractivity contribution is -0.128. The molecule has 1 heterocycles. The largest absolute Gasteiger partial charge is 0.351 e. The van der Waals surface area contributed by atoms with Gasteiger partial charge in [0.2, 0.25) is 11.8 Å². The SMILES string of the molecule is CC(C)(C)NC(=O)C1CCN(Cc2cccc(NC(=O)C(C)(C)c3ccc(Cl)cc3)c2)CC1. The van der Waals surface area contributed by atoms with Crippen molar-refractivity contribution in [3.8, 4) is 0 Å². The molecule has 1 aliphatic heterocycles. The summed E-state index contributed by atoms with van der Waals surface area (Å²) in [5, 5.41) is 6.83. The van der Waals surface area contributed by atoms with Gasteiger partial charge in [0, 0.05) is 28.7 Å². The van der Waals surface area contributed by atoms with Crippen molar-refractivity contribution in [2.75, 3.05) is 18.4 Å². The quantitative estimate of drug-likeness (QED) is 0.596. The van der Waals surface area contributed by atoms with Gasteiger partial charge in [-0.2, -0.15) is 0 Å². The second-order valence-corrected chi connectivity index (χ2v) is 11.0. The number of likely N-dealkylation sites (tertiary alicyclic amines) is 1. The smallest absolute Gasteiger partial charge is 0.234 e. The summed E-state index contributed by atoms with van der Waals surface area (Å²) in [6.45, 7) is 12.5. The van der Waals surface area contributed by atoms with Crippen LogP contribution in [0.25, 0.3) is 0 Å². The van der Waals surface area contributed by atoms with E-state index in [1.807, 2.05) is 77.1 Å². The van der Waals surface area contributed by atoms with E-state index in [-0.39, 0.29) is 23.3 Å². The number of anilines is 1. The Morgan fingerprint density at radius 3 is 2.24 bits per heavy atom. The lowest BCUT2D eigenvalue weighted by Crippen LogP contribution is -2.46. The highest BCUT2D eigenvalue weighted by atomic mass is 35.5. The van der Waals surface area contributed by atoms with Crippen molar-refractivity contribution in [2.45, 2.75) is 65.0 Å². The number of carbonyl (C=O) groups is 2. The number of halogens is 1. The minimum absolute atomic E-state index is 0.0624. The molecule has 0 bridgehead atoms. The topological polar surface area (TPSA) is 61.4 Å². The molecule has 1 aliphatic rings. The third kappa shape index (κ3) is 7.05. The van der Waals surface area contributed by atoms with E-state index in [9.17, 15) is 9.59 Å². The molecule has 3 rings (SSSR count). The van der Waals surface area contributed by atoms with Crippen molar-refractivity contribution < 1.29 is 9.59 Å². The monoisotopic (exact) mass is 469 g/mol. The normalized spacial score (nSPS) is 15.8. The van der Waals surface area contributed by atoms with Gasteiger partial charge in [-0.15, -0.1) is 0 Å². The summed E-state index contributed by atoms with van der Waals surface area (Å²) in [5.74, 6) is 0.184. The maximum atomic E-state index is 13.0. The Bertz CT molecular complexity index is 972. The average Bonchev–Trinajstić information content (AvgIpc) is 2.73. The third-order valence-corrected chi connectivity index (χ3v) is 6.43. The van der Waals surface area contributed by atoms with Crippen LogP contribution >= 0.6 is 11.6 Å². The number of hydrogen-bond donors (Lipinski definition) is 2. The Labute approximate surface area is 202 Å². The molecule has 5 nitrogen and oxygen atoms in total. The van der Waals surface area contributed by atoms with Gasteiger partial charge in [-0.25, -0.2) is 0 Å². The van der Waals surface area contributed by atoms with Crippen molar-refractivity contribution in [1.29, 1.82) is 0 Å². The van der Waals surface area contributed by atoms with Crippen LogP contribution in [0.5, 0.6) is 0 Å². The Morgan fingerprint density at radius 1 is 1.00 bits per heavy atom. The Morgan fingerprint density at radius 2 is 1.64 bits per heavy atom. The first-order valence-corrected chi connectivity index (χ1v) is 12.0. The zero-order valence-corrected chi connectivity index (χ0v) is 21.1. The van der Waals surface area contributed by atoms with E-state index in [0.717, 1.165) is 49.3 Å². The van der Waals surface area contributed by atoms with Gasteiger partial charge in [0.25, 0.3) is 0 Å². The Hall–Kier alpha value is -2.37. The van der Waals surface area contributed by atoms with Crippen LogP contribution in [-0.4, -0.2) is 35.3 Å². The van der Waals surface area contributed by atoms with Gasteiger partial charge in [-0.05, 0) is 95.9 Å². The van der Waals surface area contributed by atoms with Crippen molar-refractivity contribution in [1.82, 2.24) is 10.2 Å². The van der Waals surface area contributed by atoms with Gasteiger partial charge in [0.05, 0.1) is 5.41 Å². The van der Waals surface area contributed by atoms with E-state index in [0.29, 0.717) is 5.02 Å². The number of carbonyl (C=O) groups excluding carboxylic acids is 2. The van der Waals surface area contributed by atoms with E-state index in [2.05, 4.69) is 21.6 Å². The molecule has 0 unspecified atom stereocenters. The molecule has 2 N–H and O–H groups in total. The van der Waals surface area contributed by atoms with E-state index >= 15 is 0 Å². The molecule has 0 aromatic heterocycles. The second kappa shape index (κ2) is 10.3. The highest BCUT2D eigenvalue weighted by Gasteiger charge is 2.30. The Balaban J connectivity index is 1.56. The number of nitrogens with zero attached hydrogens (tertiary/aromatic N) is 1. The summed E-state index contributed by atoms with van der Waals surface area (Å²) in [6.07, 6.45) is 1.74. The van der Waals surface area contributed by atoms with Gasteiger partial charge in [0.1, 0.15) is 0 Å². The summed E-state index contributed by atoms with van der Waals surface area (Å²) in [6, 6.07) is 15.4. The molecule has 178 valence electrons. The fraction of sp³-hybridized carbons (Fsp3) is 0.481. The highest BCUT2D eigenvalue weighted by molar-refractivity contribution is 6.30. The molecular weight excluding hydrogens is 434 g/mol. The molecule has 1 saturated heterocycles. The van der Waals surface area contributed by atoms with Gasteiger partial charge < -0.3 is 10.6 Å². The van der Waals surface area contributed by atoms with Crippen molar-refractivity contribution in [3.05, 3.63) is 64.7 Å². The number of rotatable bonds is 6. The number of nitrogens with one attached hydrogen (secondary N) is 2. The highest BCUT2D eigenvalue weighted by Crippen LogP contribution is 2.27. The molecule has 6 heteroatoms. The van der Waals surface area contributed by atoms with Crippen LogP contribution in [-0.2, 0) is 21.5 Å². The molecule has 0 atom stereocenters. The molecule has 33 heavy (non-hydrogen) atoms. The maximum absolute atomic E-state index is 13.0. The van der Waals surface area contributed by atoms with Gasteiger partial charge in [-0.1, -0.05) is 35.9 Å². The summed E-state index contributed by atoms with van der Waals surface area (Å²) in [4.78, 5) is 27.9. The van der Waals surface area contributed by atoms with Gasteiger partial charge >= 0.3 is 0 Å². The van der Waals surface area contributed by atoms with Crippen LogP contribution in [0.1, 0.15) is 58.6 Å². The van der Waals surface area contributed by atoms with Gasteiger partial charge in [0.15, 0.2) is 0 Å². The van der Waals surface area contributed by atoms with Crippen molar-refractivity contribution in [3.63, 3.8) is 0 Å². The van der Waals surface area contributed by atoms with Gasteiger partial charge in [-0.3, -0.25) is 14.5 Å². The first-order valence-electron chi connectivity index (χ1n) is 11.6. The molecule has 0 aliphatic carbocycles. The first kappa shape index (κ1) is 25.3. The molecule has 0 radical (unpaired) electrons. The van der Waals surface area contributed by atoms with E-state index in [1.54, 1.807) is 0 Å². The third-order valence-electron chi connectivity index (χ3n) is 6.18. The number of hydrogen-bond acceptors (Lipinski definition) is 3. The lowest BCUT2D eigenvalue weighted by atomic mass is 9.83. The van der Waals surface area contributed by atoms with Crippen molar-refractivity contribution >= 4 is 29.1 Å². The fourth-order valence-electron chi connectivity index (χ4n) is 4.12. The first-order chi connectivity index (χ1) is 15.4. The standard InChI is InChI=1S/C27H36ClN3O2/c1-26(2,3)30-24(32)20-13-15-31(16-14-20)18-19-7-6-8-23(17-19)29-25(33)27(4,5)21-9-11-22(28)12-10-21/h6-12,17,20H,13-16,18H2,1-5H3,(H,29,33)(H,30,32). The zero-order chi connectivity index (χ0) is 24.2. The predicted molar refractivity (Wildman–Crippen MR) is 135 cm³/mol. The van der Waals surface area contributed by atoms with E-state index in [4.69, 9.17) is 11.6 Å². The zero-order valence-electron chi connectivity index (χ0n) is 20.4. The average molecular weight is 470 g/mol. The fourth-order valence-corrected chi connectivity index (χ4v) is 4.24. The van der Waals surface area contributed by atoms with Crippen LogP contribution < -0.4 is 10.6 Å². The van der Waals surface area contributed by atoms with Crippen LogP contribution in [0, 0.1) is 5.92 Å². The van der Waals surface area contributed by atoms with E-state index in [1.165, 1.54) is 0 Å². The summed E-state index contributed by atoms with van der Waals surface area (Å²) in [7, 11) is 0. The van der Waals surface area contributed by atoms with Crippen LogP contribution in [0.2, 0.25) is 5.02 Å². The molecule has 2 amide bonds. The Kier molecular flexibility index (Phi) is 7.86. The molecule has 0 saturated carbocycles. The lowest BCUT2D eigenvalue weighted by Gasteiger charge is -2.33. The minimum atomic E-state index is -0.684. The predicted octanol–water partition coefficient (Wildman–Crippen LogP) is 5.38. The van der Waals surface area contributed by atoms with Crippen LogP contribution in [0.15, 0.2) is 48.5 Å². The number of piperidine rings is 1. The molecular formula is C27H36ClN3O2. The second-order valence-electron chi connectivity index (χ2n) is 10.6. The number of amides is 2.